The molecule has 2 aliphatic heterocycles. The number of carbonyl (C=O) groups excluding carboxylic acids is 2. The Morgan fingerprint density at radius 2 is 1.59 bits per heavy atom. The number of carboxylic acid groups (broad SMARTS) is 1. The zero-order valence-electron chi connectivity index (χ0n) is 31.7. The van der Waals surface area contributed by atoms with Crippen LogP contribution in [0.3, 0.4) is 0 Å². The number of carboxylic acids is 1. The number of carbonyl (C=O) groups is 3. The van der Waals surface area contributed by atoms with Gasteiger partial charge in [-0.1, -0.05) is 83.7 Å². The molecule has 2 aliphatic rings. The Bertz CT molecular complexity index is 2470. The number of halogens is 2. The van der Waals surface area contributed by atoms with Crippen LogP contribution in [0.25, 0.3) is 11.1 Å². The minimum absolute atomic E-state index is 0.00288. The van der Waals surface area contributed by atoms with Crippen LogP contribution in [-0.2, 0) is 40.3 Å². The zero-order chi connectivity index (χ0) is 41.5. The van der Waals surface area contributed by atoms with Gasteiger partial charge in [0.1, 0.15) is 31.0 Å². The number of fused-ring (bicyclic) bond motifs is 2. The van der Waals surface area contributed by atoms with E-state index in [2.05, 4.69) is 23.2 Å². The van der Waals surface area contributed by atoms with Crippen LogP contribution < -0.4 is 19.5 Å². The van der Waals surface area contributed by atoms with Crippen LogP contribution in [0, 0.1) is 23.2 Å². The third-order valence-electron chi connectivity index (χ3n) is 10.0. The van der Waals surface area contributed by atoms with Crippen LogP contribution in [-0.4, -0.2) is 53.3 Å². The highest BCUT2D eigenvalue weighted by molar-refractivity contribution is 6.42. The molecule has 0 aliphatic carbocycles. The zero-order valence-corrected chi connectivity index (χ0v) is 33.3. The van der Waals surface area contributed by atoms with E-state index in [1.807, 2.05) is 54.6 Å². The average molecular weight is 831 g/mol. The molecule has 0 radical (unpaired) electrons. The third kappa shape index (κ3) is 9.73. The van der Waals surface area contributed by atoms with E-state index >= 15 is 0 Å². The molecule has 1 unspecified atom stereocenters. The van der Waals surface area contributed by atoms with Gasteiger partial charge in [-0.2, -0.15) is 5.26 Å². The number of nitrogens with one attached hydrogen (secondary N) is 1. The molecule has 2 N–H and O–H groups in total. The molecule has 5 aromatic rings. The third-order valence-corrected chi connectivity index (χ3v) is 10.8. The van der Waals surface area contributed by atoms with Crippen LogP contribution >= 0.6 is 23.2 Å². The lowest BCUT2D eigenvalue weighted by atomic mass is 9.92. The second kappa shape index (κ2) is 18.3. The van der Waals surface area contributed by atoms with E-state index in [-0.39, 0.29) is 32.6 Å². The number of nitrogens with zero attached hydrogens (tertiary/aromatic N) is 2. The predicted octanol–water partition coefficient (Wildman–Crippen LogP) is 8.32. The molecule has 0 fully saturated rings. The van der Waals surface area contributed by atoms with Crippen molar-refractivity contribution >= 4 is 41.2 Å². The van der Waals surface area contributed by atoms with E-state index in [1.54, 1.807) is 55.5 Å². The Kier molecular flexibility index (Phi) is 12.6. The minimum atomic E-state index is -1.28. The lowest BCUT2D eigenvalue weighted by molar-refractivity contribution is -0.142. The molecule has 0 bridgehead atoms. The van der Waals surface area contributed by atoms with Gasteiger partial charge in [0.15, 0.2) is 24.2 Å². The molecule has 11 nitrogen and oxygen atoms in total. The molecule has 13 heteroatoms. The fourth-order valence-electron chi connectivity index (χ4n) is 6.84. The summed E-state index contributed by atoms with van der Waals surface area (Å²) < 4.78 is 23.9. The first-order chi connectivity index (χ1) is 28.6. The van der Waals surface area contributed by atoms with Crippen molar-refractivity contribution < 1.29 is 38.4 Å². The Hall–Kier alpha value is -6.66. The topological polar surface area (TPSA) is 147 Å². The monoisotopic (exact) mass is 829 g/mol. The summed E-state index contributed by atoms with van der Waals surface area (Å²) in [6.45, 7) is 1.98. The summed E-state index contributed by atoms with van der Waals surface area (Å²) in [6, 6.07) is 30.6. The van der Waals surface area contributed by atoms with Crippen molar-refractivity contribution in [1.82, 2.24) is 10.2 Å². The second-order valence-corrected chi connectivity index (χ2v) is 14.7. The fraction of sp³-hybridized carbons (Fsp3) is 0.217. The number of benzene rings is 5. The van der Waals surface area contributed by atoms with Crippen LogP contribution in [0.2, 0.25) is 10.0 Å². The van der Waals surface area contributed by atoms with E-state index in [1.165, 1.54) is 4.90 Å². The lowest BCUT2D eigenvalue weighted by Crippen LogP contribution is -2.56. The van der Waals surface area contributed by atoms with Gasteiger partial charge in [-0.15, -0.1) is 5.92 Å². The van der Waals surface area contributed by atoms with Gasteiger partial charge in [0.2, 0.25) is 5.91 Å². The van der Waals surface area contributed by atoms with Gasteiger partial charge >= 0.3 is 12.1 Å². The van der Waals surface area contributed by atoms with E-state index in [0.29, 0.717) is 45.0 Å². The summed E-state index contributed by atoms with van der Waals surface area (Å²) in [5.41, 5.74) is 6.24. The maximum atomic E-state index is 14.0. The minimum Gasteiger partial charge on any atom is -0.489 e. The largest absolute Gasteiger partial charge is 0.489 e. The molecule has 298 valence electrons. The van der Waals surface area contributed by atoms with Crippen molar-refractivity contribution in [3.8, 4) is 46.3 Å². The van der Waals surface area contributed by atoms with E-state index < -0.39 is 36.2 Å². The van der Waals surface area contributed by atoms with Crippen LogP contribution in [0.5, 0.6) is 17.2 Å². The number of hydrogen-bond donors (Lipinski definition) is 2. The highest BCUT2D eigenvalue weighted by Gasteiger charge is 2.38. The number of aliphatic carboxylic acids is 1. The maximum Gasteiger partial charge on any atom is 0.411 e. The van der Waals surface area contributed by atoms with Crippen molar-refractivity contribution in [2.24, 2.45) is 0 Å². The average Bonchev–Trinajstić information content (AvgIpc) is 3.25. The number of amides is 2. The summed E-state index contributed by atoms with van der Waals surface area (Å²) in [6.07, 6.45) is -1.12. The van der Waals surface area contributed by atoms with Crippen molar-refractivity contribution in [3.05, 3.63) is 147 Å². The summed E-state index contributed by atoms with van der Waals surface area (Å²) in [5, 5.41) is 22.9. The molecule has 5 aromatic carbocycles. The van der Waals surface area contributed by atoms with Gasteiger partial charge < -0.3 is 29.4 Å². The van der Waals surface area contributed by atoms with Crippen LogP contribution in [0.15, 0.2) is 103 Å². The Morgan fingerprint density at radius 3 is 2.27 bits per heavy atom. The van der Waals surface area contributed by atoms with E-state index in [4.69, 9.17) is 47.4 Å². The van der Waals surface area contributed by atoms with Gasteiger partial charge in [-0.3, -0.25) is 9.69 Å². The molecular weight excluding hydrogens is 793 g/mol. The Balaban J connectivity index is 1.04. The Labute approximate surface area is 351 Å². The van der Waals surface area contributed by atoms with Crippen LogP contribution in [0.1, 0.15) is 46.4 Å². The summed E-state index contributed by atoms with van der Waals surface area (Å²) in [7, 11) is 0. The molecule has 2 amide bonds. The van der Waals surface area contributed by atoms with Gasteiger partial charge in [0.25, 0.3) is 0 Å². The van der Waals surface area contributed by atoms with Crippen LogP contribution in [0.4, 0.5) is 4.79 Å². The summed E-state index contributed by atoms with van der Waals surface area (Å²) in [4.78, 5) is 41.1. The summed E-state index contributed by atoms with van der Waals surface area (Å²) >= 11 is 12.2. The summed E-state index contributed by atoms with van der Waals surface area (Å²) in [5.74, 6) is 5.13. The molecule has 3 atom stereocenters. The van der Waals surface area contributed by atoms with Crippen molar-refractivity contribution in [2.75, 3.05) is 13.2 Å². The van der Waals surface area contributed by atoms with Gasteiger partial charge in [0, 0.05) is 12.8 Å². The first-order valence-electron chi connectivity index (χ1n) is 18.7. The van der Waals surface area contributed by atoms with Crippen molar-refractivity contribution in [2.45, 2.75) is 51.1 Å². The fourth-order valence-corrected chi connectivity index (χ4v) is 7.16. The molecule has 0 spiro atoms. The molecule has 0 saturated heterocycles. The molecule has 7 rings (SSSR count). The van der Waals surface area contributed by atoms with Crippen molar-refractivity contribution in [3.63, 3.8) is 0 Å². The number of rotatable bonds is 11. The predicted molar refractivity (Wildman–Crippen MR) is 220 cm³/mol. The number of ether oxygens (including phenoxy) is 4. The number of hydrogen-bond acceptors (Lipinski definition) is 8. The normalized spacial score (nSPS) is 15.7. The van der Waals surface area contributed by atoms with E-state index in [9.17, 15) is 19.5 Å². The standard InChI is InChI=1S/C46H37Cl2N3O8/c1-2-3-18-56-46(55)51-25-35-23-42-41(58-27-43(59-42)33-13-15-36(16-14-33)57-26-30-8-17-37(47)38(48)19-30)22-34(35)21-40(51)44(52)50-39(45(53)54)20-28-4-9-31(10-5-28)32-11-6-29(24-49)7-12-32/h4-17,19,22-23,39-40,43H,18,20-21,25-27H2,1H3,(H,50,52)(H,53,54)/t39-,40?,43+/m0/s1. The molecule has 0 saturated carbocycles. The Morgan fingerprint density at radius 1 is 0.898 bits per heavy atom. The lowest BCUT2D eigenvalue weighted by Gasteiger charge is -2.36. The van der Waals surface area contributed by atoms with Gasteiger partial charge in [0.05, 0.1) is 28.2 Å². The quantitative estimate of drug-likeness (QED) is 0.126. The smallest absolute Gasteiger partial charge is 0.411 e. The second-order valence-electron chi connectivity index (χ2n) is 13.9. The molecular formula is C46H37Cl2N3O8. The first kappa shape index (κ1) is 40.5. The number of nitriles is 1. The van der Waals surface area contributed by atoms with Crippen molar-refractivity contribution in [1.29, 1.82) is 5.26 Å². The van der Waals surface area contributed by atoms with E-state index in [0.717, 1.165) is 33.4 Å². The molecule has 2 heterocycles. The SMILES string of the molecule is CC#CCOC(=O)N1Cc2cc3c(cc2CC1C(=O)N[C@@H](Cc1ccc(-c2ccc(C#N)cc2)cc1)C(=O)O)OC[C@H](c1ccc(OCc2ccc(Cl)c(Cl)c2)cc1)O3. The maximum absolute atomic E-state index is 14.0. The molecule has 59 heavy (non-hydrogen) atoms. The van der Waals surface area contributed by atoms with Gasteiger partial charge in [-0.25, -0.2) is 9.59 Å². The van der Waals surface area contributed by atoms with Gasteiger partial charge in [-0.05, 0) is 94.4 Å². The first-order valence-corrected chi connectivity index (χ1v) is 19.4. The highest BCUT2D eigenvalue weighted by Crippen LogP contribution is 2.41. The highest BCUT2D eigenvalue weighted by atomic mass is 35.5. The molecule has 0 aromatic heterocycles.